The number of rotatable bonds is 8. The third-order valence-electron chi connectivity index (χ3n) is 6.68. The first-order valence-corrected chi connectivity index (χ1v) is 14.7. The molecule has 2 aromatic heterocycles. The van der Waals surface area contributed by atoms with Crippen molar-refractivity contribution in [2.75, 3.05) is 24.2 Å². The van der Waals surface area contributed by atoms with Crippen molar-refractivity contribution in [3.8, 4) is 22.9 Å². The minimum absolute atomic E-state index is 0.128. The average Bonchev–Trinajstić information content (AvgIpc) is 2.91. The van der Waals surface area contributed by atoms with Gasteiger partial charge in [0.2, 0.25) is 11.8 Å². The molecule has 0 saturated carbocycles. The summed E-state index contributed by atoms with van der Waals surface area (Å²) >= 11 is 0. The number of ether oxygens (including phenoxy) is 1. The first-order valence-electron chi connectivity index (χ1n) is 12.9. The van der Waals surface area contributed by atoms with E-state index in [1.165, 1.54) is 18.3 Å². The lowest BCUT2D eigenvalue weighted by Gasteiger charge is -2.23. The van der Waals surface area contributed by atoms with Crippen LogP contribution in [0.15, 0.2) is 54.9 Å². The number of halogens is 4. The monoisotopic (exact) mass is 589 g/mol. The molecule has 1 saturated heterocycles. The molecule has 5 rings (SSSR count). The van der Waals surface area contributed by atoms with Crippen LogP contribution < -0.4 is 15.4 Å². The van der Waals surface area contributed by atoms with Crippen LogP contribution in [-0.2, 0) is 15.6 Å². The summed E-state index contributed by atoms with van der Waals surface area (Å²) in [5.74, 6) is -3.19. The molecule has 0 unspecified atom stereocenters. The largest absolute Gasteiger partial charge is 0.437 e. The van der Waals surface area contributed by atoms with Crippen molar-refractivity contribution < 1.29 is 30.7 Å². The zero-order valence-corrected chi connectivity index (χ0v) is 22.8. The maximum atomic E-state index is 14.8. The Bertz CT molecular complexity index is 1680. The van der Waals surface area contributed by atoms with Crippen molar-refractivity contribution >= 4 is 26.6 Å². The van der Waals surface area contributed by atoms with Crippen LogP contribution in [0.5, 0.6) is 11.6 Å². The van der Waals surface area contributed by atoms with Crippen molar-refractivity contribution in [2.45, 2.75) is 37.7 Å². The summed E-state index contributed by atoms with van der Waals surface area (Å²) in [7, 11) is -4.69. The quantitative estimate of drug-likeness (QED) is 0.257. The van der Waals surface area contributed by atoms with E-state index >= 15 is 0 Å². The Balaban J connectivity index is 1.50. The second-order valence-corrected chi connectivity index (χ2v) is 12.0. The predicted molar refractivity (Wildman–Crippen MR) is 147 cm³/mol. The summed E-state index contributed by atoms with van der Waals surface area (Å²) in [6.45, 7) is 3.52. The maximum absolute atomic E-state index is 14.8. The Hall–Kier alpha value is -3.84. The number of benzene rings is 2. The van der Waals surface area contributed by atoms with Gasteiger partial charge >= 0.3 is 6.18 Å². The van der Waals surface area contributed by atoms with Gasteiger partial charge in [0.25, 0.3) is 0 Å². The Morgan fingerprint density at radius 3 is 2.63 bits per heavy atom. The predicted octanol–water partition coefficient (Wildman–Crippen LogP) is 5.57. The van der Waals surface area contributed by atoms with Crippen molar-refractivity contribution in [2.24, 2.45) is 0 Å². The molecule has 13 heteroatoms. The third-order valence-corrected chi connectivity index (χ3v) is 8.18. The number of piperidine rings is 1. The molecule has 216 valence electrons. The molecule has 0 radical (unpaired) electrons. The molecule has 1 aliphatic heterocycles. The summed E-state index contributed by atoms with van der Waals surface area (Å²) in [6, 6.07) is 10.9. The lowest BCUT2D eigenvalue weighted by molar-refractivity contribution is -0.106. The standard InChI is InChI=1S/C28H27F4N5O3S/c1-17-6-7-19-20(8-9-23(29)22(19)15-41(38,39)16-28(30,31)32)25(17)40-26-21(5-3-12-34-26)24-10-13-35-27(37-24)36-18-4-2-11-33-14-18/h3,5-10,12-13,18,33H,2,4,11,14-16H2,1H3,(H,35,36,37)/t18-/m0/s1. The highest BCUT2D eigenvalue weighted by molar-refractivity contribution is 7.90. The number of hydrogen-bond acceptors (Lipinski definition) is 8. The van der Waals surface area contributed by atoms with E-state index in [9.17, 15) is 26.0 Å². The Morgan fingerprint density at radius 1 is 1.07 bits per heavy atom. The second-order valence-electron chi connectivity index (χ2n) is 9.89. The molecule has 0 amide bonds. The molecule has 41 heavy (non-hydrogen) atoms. The Morgan fingerprint density at radius 2 is 1.88 bits per heavy atom. The van der Waals surface area contributed by atoms with Gasteiger partial charge in [0.1, 0.15) is 17.3 Å². The van der Waals surface area contributed by atoms with Gasteiger partial charge in [-0.25, -0.2) is 27.8 Å². The van der Waals surface area contributed by atoms with Crippen LogP contribution in [0.2, 0.25) is 0 Å². The van der Waals surface area contributed by atoms with Crippen LogP contribution in [0.4, 0.5) is 23.5 Å². The Labute approximate surface area is 234 Å². The first kappa shape index (κ1) is 28.7. The van der Waals surface area contributed by atoms with E-state index in [0.717, 1.165) is 32.0 Å². The van der Waals surface area contributed by atoms with E-state index < -0.39 is 33.3 Å². The number of aromatic nitrogens is 3. The summed E-state index contributed by atoms with van der Waals surface area (Å²) < 4.78 is 84.1. The second kappa shape index (κ2) is 11.6. The topological polar surface area (TPSA) is 106 Å². The van der Waals surface area contributed by atoms with Crippen LogP contribution in [0, 0.1) is 12.7 Å². The number of nitrogens with zero attached hydrogens (tertiary/aromatic N) is 3. The fourth-order valence-electron chi connectivity index (χ4n) is 4.82. The van der Waals surface area contributed by atoms with E-state index in [1.807, 2.05) is 0 Å². The number of anilines is 1. The molecule has 0 bridgehead atoms. The number of sulfone groups is 1. The third kappa shape index (κ3) is 6.91. The van der Waals surface area contributed by atoms with E-state index in [4.69, 9.17) is 4.74 Å². The van der Waals surface area contributed by atoms with Crippen LogP contribution in [0.25, 0.3) is 22.0 Å². The highest BCUT2D eigenvalue weighted by atomic mass is 32.2. The van der Waals surface area contributed by atoms with Crippen molar-refractivity contribution in [1.29, 1.82) is 0 Å². The molecule has 2 aromatic carbocycles. The van der Waals surface area contributed by atoms with Crippen LogP contribution in [0.3, 0.4) is 0 Å². The first-order chi connectivity index (χ1) is 19.5. The summed E-state index contributed by atoms with van der Waals surface area (Å²) in [5, 5.41) is 7.13. The molecule has 8 nitrogen and oxygen atoms in total. The highest BCUT2D eigenvalue weighted by Gasteiger charge is 2.35. The van der Waals surface area contributed by atoms with Gasteiger partial charge in [-0.05, 0) is 67.6 Å². The van der Waals surface area contributed by atoms with Gasteiger partial charge in [-0.1, -0.05) is 12.1 Å². The molecule has 4 aromatic rings. The number of fused-ring (bicyclic) bond motifs is 1. The maximum Gasteiger partial charge on any atom is 0.402 e. The zero-order chi connectivity index (χ0) is 29.2. The van der Waals surface area contributed by atoms with E-state index in [2.05, 4.69) is 25.6 Å². The zero-order valence-electron chi connectivity index (χ0n) is 22.0. The van der Waals surface area contributed by atoms with Gasteiger partial charge < -0.3 is 15.4 Å². The van der Waals surface area contributed by atoms with Crippen LogP contribution in [0.1, 0.15) is 24.0 Å². The number of alkyl halides is 3. The number of aryl methyl sites for hydroxylation is 1. The van der Waals surface area contributed by atoms with Crippen molar-refractivity contribution in [3.63, 3.8) is 0 Å². The SMILES string of the molecule is Cc1ccc2c(CS(=O)(=O)CC(F)(F)F)c(F)ccc2c1Oc1ncccc1-c1ccnc(N[C@H]2CCCNC2)n1. The lowest BCUT2D eigenvalue weighted by atomic mass is 10.0. The number of nitrogens with one attached hydrogen (secondary N) is 2. The summed E-state index contributed by atoms with van der Waals surface area (Å²) in [6.07, 6.45) is 0.244. The van der Waals surface area contributed by atoms with E-state index in [1.54, 1.807) is 37.4 Å². The smallest absolute Gasteiger partial charge is 0.402 e. The fourth-order valence-corrected chi connectivity index (χ4v) is 6.16. The minimum Gasteiger partial charge on any atom is -0.437 e. The number of pyridine rings is 1. The van der Waals surface area contributed by atoms with Gasteiger partial charge in [0.05, 0.1) is 17.0 Å². The Kier molecular flexibility index (Phi) is 8.09. The molecule has 0 spiro atoms. The average molecular weight is 590 g/mol. The normalized spacial score (nSPS) is 16.1. The van der Waals surface area contributed by atoms with Crippen molar-refractivity contribution in [3.05, 3.63) is 71.8 Å². The minimum atomic E-state index is -4.94. The van der Waals surface area contributed by atoms with Gasteiger partial charge in [-0.15, -0.1) is 0 Å². The molecular weight excluding hydrogens is 562 g/mol. The summed E-state index contributed by atoms with van der Waals surface area (Å²) in [4.78, 5) is 13.3. The molecule has 0 aliphatic carbocycles. The molecule has 3 heterocycles. The van der Waals surface area contributed by atoms with Crippen molar-refractivity contribution in [1.82, 2.24) is 20.3 Å². The van der Waals surface area contributed by atoms with Crippen LogP contribution in [-0.4, -0.2) is 54.4 Å². The molecule has 2 N–H and O–H groups in total. The van der Waals surface area contributed by atoms with E-state index in [-0.39, 0.29) is 28.6 Å². The van der Waals surface area contributed by atoms with Gasteiger partial charge in [-0.2, -0.15) is 13.2 Å². The molecule has 1 fully saturated rings. The van der Waals surface area contributed by atoms with Crippen LogP contribution >= 0.6 is 0 Å². The molecule has 1 atom stereocenters. The summed E-state index contributed by atoms with van der Waals surface area (Å²) in [5.41, 5.74) is 1.35. The number of hydrogen-bond donors (Lipinski definition) is 2. The molecular formula is C28H27F4N5O3S. The van der Waals surface area contributed by atoms with E-state index in [0.29, 0.717) is 28.2 Å². The van der Waals surface area contributed by atoms with Gasteiger partial charge in [0.15, 0.2) is 9.84 Å². The fraction of sp³-hybridized carbons (Fsp3) is 0.321. The van der Waals surface area contributed by atoms with Gasteiger partial charge in [0, 0.05) is 35.9 Å². The van der Waals surface area contributed by atoms with Gasteiger partial charge in [-0.3, -0.25) is 0 Å². The highest BCUT2D eigenvalue weighted by Crippen LogP contribution is 2.38. The molecule has 1 aliphatic rings. The lowest BCUT2D eigenvalue weighted by Crippen LogP contribution is -2.38.